The van der Waals surface area contributed by atoms with Gasteiger partial charge in [-0.1, -0.05) is 48.6 Å². The highest BCUT2D eigenvalue weighted by atomic mass is 32.1. The largest absolute Gasteiger partial charge is 0.345 e. The fourth-order valence-electron chi connectivity index (χ4n) is 2.32. The van der Waals surface area contributed by atoms with E-state index in [0.717, 1.165) is 46.3 Å². The average molecular weight is 313 g/mol. The number of aromatic amines is 1. The smallest absolute Gasteiger partial charge is 0.208 e. The number of benzene rings is 1. The minimum atomic E-state index is 0.751. The first kappa shape index (κ1) is 14.7. The Balaban J connectivity index is 1.77. The zero-order valence-electron chi connectivity index (χ0n) is 12.8. The molecule has 0 spiro atoms. The molecule has 0 saturated heterocycles. The molecule has 114 valence electrons. The van der Waals surface area contributed by atoms with E-state index in [1.54, 1.807) is 11.3 Å². The molecule has 0 saturated carbocycles. The molecule has 3 rings (SSSR count). The Morgan fingerprint density at radius 1 is 1.18 bits per heavy atom. The molecule has 2 heterocycles. The van der Waals surface area contributed by atoms with Crippen molar-refractivity contribution < 1.29 is 0 Å². The quantitative estimate of drug-likeness (QED) is 0.756. The summed E-state index contributed by atoms with van der Waals surface area (Å²) in [5.74, 6) is 0. The molecule has 0 atom stereocenters. The minimum Gasteiger partial charge on any atom is -0.345 e. The van der Waals surface area contributed by atoms with Crippen molar-refractivity contribution >= 4 is 16.5 Å². The molecule has 2 aromatic heterocycles. The first-order valence-corrected chi connectivity index (χ1v) is 8.20. The van der Waals surface area contributed by atoms with Crippen molar-refractivity contribution in [3.05, 3.63) is 47.1 Å². The monoisotopic (exact) mass is 313 g/mol. The highest BCUT2D eigenvalue weighted by Crippen LogP contribution is 2.25. The van der Waals surface area contributed by atoms with E-state index in [1.165, 1.54) is 0 Å². The van der Waals surface area contributed by atoms with E-state index >= 15 is 0 Å². The van der Waals surface area contributed by atoms with E-state index in [0.29, 0.717) is 0 Å². The zero-order valence-corrected chi connectivity index (χ0v) is 13.6. The van der Waals surface area contributed by atoms with E-state index in [-0.39, 0.29) is 0 Å². The van der Waals surface area contributed by atoms with Crippen molar-refractivity contribution in [1.29, 1.82) is 0 Å². The van der Waals surface area contributed by atoms with Crippen LogP contribution in [0.1, 0.15) is 23.9 Å². The van der Waals surface area contributed by atoms with Gasteiger partial charge in [0.2, 0.25) is 5.13 Å². The number of nitrogens with one attached hydrogen (secondary N) is 1. The van der Waals surface area contributed by atoms with Gasteiger partial charge in [-0.15, -0.1) is 10.2 Å². The molecule has 0 aliphatic rings. The van der Waals surface area contributed by atoms with E-state index in [4.69, 9.17) is 0 Å². The lowest BCUT2D eigenvalue weighted by Gasteiger charge is -2.14. The molecule has 0 aliphatic carbocycles. The van der Waals surface area contributed by atoms with Crippen LogP contribution in [0, 0.1) is 0 Å². The molecule has 1 N–H and O–H groups in total. The topological polar surface area (TPSA) is 57.7 Å². The number of hydrogen-bond donors (Lipinski definition) is 1. The molecular formula is C16H19N5S. The second-order valence-corrected chi connectivity index (χ2v) is 6.26. The Kier molecular flexibility index (Phi) is 4.48. The van der Waals surface area contributed by atoms with Crippen molar-refractivity contribution in [3.8, 4) is 11.3 Å². The second-order valence-electron chi connectivity index (χ2n) is 5.22. The van der Waals surface area contributed by atoms with Crippen LogP contribution in [0.3, 0.4) is 0 Å². The van der Waals surface area contributed by atoms with Crippen LogP contribution in [0.5, 0.6) is 0 Å². The summed E-state index contributed by atoms with van der Waals surface area (Å²) in [6.07, 6.45) is 3.97. The van der Waals surface area contributed by atoms with Gasteiger partial charge in [-0.2, -0.15) is 5.10 Å². The number of H-pyrrole nitrogens is 1. The third kappa shape index (κ3) is 3.17. The molecule has 1 aromatic carbocycles. The van der Waals surface area contributed by atoms with Gasteiger partial charge in [0.25, 0.3) is 0 Å². The van der Waals surface area contributed by atoms with Gasteiger partial charge in [-0.25, -0.2) is 0 Å². The second kappa shape index (κ2) is 6.70. The van der Waals surface area contributed by atoms with E-state index < -0.39 is 0 Å². The summed E-state index contributed by atoms with van der Waals surface area (Å²) in [5.41, 5.74) is 3.36. The molecule has 3 aromatic rings. The molecule has 0 unspecified atom stereocenters. The van der Waals surface area contributed by atoms with Crippen molar-refractivity contribution in [1.82, 2.24) is 20.4 Å². The highest BCUT2D eigenvalue weighted by molar-refractivity contribution is 7.15. The summed E-state index contributed by atoms with van der Waals surface area (Å²) >= 11 is 1.66. The molecular weight excluding hydrogens is 294 g/mol. The van der Waals surface area contributed by atoms with Gasteiger partial charge in [0, 0.05) is 25.6 Å². The van der Waals surface area contributed by atoms with Crippen molar-refractivity contribution in [3.63, 3.8) is 0 Å². The summed E-state index contributed by atoms with van der Waals surface area (Å²) < 4.78 is 0. The van der Waals surface area contributed by atoms with Gasteiger partial charge < -0.3 is 4.90 Å². The van der Waals surface area contributed by atoms with Crippen LogP contribution in [0.4, 0.5) is 5.13 Å². The lowest BCUT2D eigenvalue weighted by atomic mass is 10.1. The van der Waals surface area contributed by atoms with Gasteiger partial charge in [-0.3, -0.25) is 5.10 Å². The van der Waals surface area contributed by atoms with E-state index in [2.05, 4.69) is 44.4 Å². The standard InChI is InChI=1S/C16H19N5S/c1-3-7-14-18-20-16(22-14)21(2)11-13-10-17-19-15(13)12-8-5-4-6-9-12/h4-6,8-10H,3,7,11H2,1-2H3,(H,17,19). The Morgan fingerprint density at radius 3 is 2.77 bits per heavy atom. The van der Waals surface area contributed by atoms with Gasteiger partial charge in [0.15, 0.2) is 0 Å². The van der Waals surface area contributed by atoms with Crippen LogP contribution in [-0.2, 0) is 13.0 Å². The molecule has 5 nitrogen and oxygen atoms in total. The molecule has 0 aliphatic heterocycles. The number of rotatable bonds is 6. The molecule has 0 radical (unpaired) electrons. The van der Waals surface area contributed by atoms with Gasteiger partial charge in [0.1, 0.15) is 5.01 Å². The van der Waals surface area contributed by atoms with Crippen LogP contribution in [-0.4, -0.2) is 27.4 Å². The zero-order chi connectivity index (χ0) is 15.4. The maximum Gasteiger partial charge on any atom is 0.208 e. The summed E-state index contributed by atoms with van der Waals surface area (Å²) in [6.45, 7) is 2.91. The fraction of sp³-hybridized carbons (Fsp3) is 0.312. The fourth-order valence-corrected chi connectivity index (χ4v) is 3.22. The maximum absolute atomic E-state index is 4.28. The molecule has 0 fully saturated rings. The van der Waals surface area contributed by atoms with Crippen LogP contribution < -0.4 is 4.90 Å². The maximum atomic E-state index is 4.28. The summed E-state index contributed by atoms with van der Waals surface area (Å²) in [7, 11) is 2.04. The van der Waals surface area contributed by atoms with Crippen LogP contribution in [0.25, 0.3) is 11.3 Å². The number of aryl methyl sites for hydroxylation is 1. The van der Waals surface area contributed by atoms with Crippen LogP contribution >= 0.6 is 11.3 Å². The van der Waals surface area contributed by atoms with E-state index in [1.807, 2.05) is 31.4 Å². The van der Waals surface area contributed by atoms with Gasteiger partial charge in [0.05, 0.1) is 11.9 Å². The van der Waals surface area contributed by atoms with Gasteiger partial charge in [-0.05, 0) is 12.0 Å². The normalized spacial score (nSPS) is 10.8. The molecule has 6 heteroatoms. The Bertz CT molecular complexity index is 719. The Morgan fingerprint density at radius 2 is 2.00 bits per heavy atom. The minimum absolute atomic E-state index is 0.751. The summed E-state index contributed by atoms with van der Waals surface area (Å²) in [5, 5.41) is 17.9. The third-order valence-electron chi connectivity index (χ3n) is 3.43. The van der Waals surface area contributed by atoms with Crippen LogP contribution in [0.2, 0.25) is 0 Å². The highest BCUT2D eigenvalue weighted by Gasteiger charge is 2.13. The summed E-state index contributed by atoms with van der Waals surface area (Å²) in [6, 6.07) is 10.3. The Hall–Kier alpha value is -2.21. The van der Waals surface area contributed by atoms with Gasteiger partial charge >= 0.3 is 0 Å². The SMILES string of the molecule is CCCc1nnc(N(C)Cc2cn[nH]c2-c2ccccc2)s1. The van der Waals surface area contributed by atoms with E-state index in [9.17, 15) is 0 Å². The predicted molar refractivity (Wildman–Crippen MR) is 90.0 cm³/mol. The Labute approximate surface area is 134 Å². The lowest BCUT2D eigenvalue weighted by molar-refractivity contribution is 0.859. The number of nitrogens with zero attached hydrogens (tertiary/aromatic N) is 4. The van der Waals surface area contributed by atoms with Crippen LogP contribution in [0.15, 0.2) is 36.5 Å². The number of aromatic nitrogens is 4. The van der Waals surface area contributed by atoms with Crippen molar-refractivity contribution in [2.45, 2.75) is 26.3 Å². The first-order valence-electron chi connectivity index (χ1n) is 7.39. The number of hydrogen-bond acceptors (Lipinski definition) is 5. The average Bonchev–Trinajstić information content (AvgIpc) is 3.18. The summed E-state index contributed by atoms with van der Waals surface area (Å²) in [4.78, 5) is 2.12. The molecule has 0 amide bonds. The third-order valence-corrected chi connectivity index (χ3v) is 4.53. The van der Waals surface area contributed by atoms with Crippen molar-refractivity contribution in [2.75, 3.05) is 11.9 Å². The number of anilines is 1. The predicted octanol–water partition coefficient (Wildman–Crippen LogP) is 3.52. The molecule has 22 heavy (non-hydrogen) atoms. The first-order chi connectivity index (χ1) is 10.8. The lowest BCUT2D eigenvalue weighted by Crippen LogP contribution is -2.16. The van der Waals surface area contributed by atoms with Crippen molar-refractivity contribution in [2.24, 2.45) is 0 Å². The molecule has 0 bridgehead atoms.